The average molecular weight is 143 g/mol. The fourth-order valence-corrected chi connectivity index (χ4v) is 0.964. The highest BCUT2D eigenvalue weighted by Crippen LogP contribution is 2.07. The van der Waals surface area contributed by atoms with Gasteiger partial charge in [0, 0.05) is 0 Å². The fraction of sp³-hybridized carbons (Fsp3) is 0.889. The molecule has 0 bridgehead atoms. The molecule has 0 saturated carbocycles. The molecule has 1 atom stereocenters. The van der Waals surface area contributed by atoms with Gasteiger partial charge in [0.15, 0.2) is 0 Å². The first-order chi connectivity index (χ1) is 4.81. The van der Waals surface area contributed by atoms with Crippen molar-refractivity contribution in [2.45, 2.75) is 51.6 Å². The maximum atomic E-state index is 9.28. The van der Waals surface area contributed by atoms with Crippen molar-refractivity contribution in [3.05, 3.63) is 6.92 Å². The number of hydrogen-bond acceptors (Lipinski definition) is 1. The lowest BCUT2D eigenvalue weighted by Crippen LogP contribution is -2.05. The zero-order valence-corrected chi connectivity index (χ0v) is 6.97. The van der Waals surface area contributed by atoms with E-state index in [0.29, 0.717) is 0 Å². The number of aliphatic hydroxyl groups excluding tert-OH is 1. The van der Waals surface area contributed by atoms with Crippen LogP contribution in [0.5, 0.6) is 0 Å². The lowest BCUT2D eigenvalue weighted by Gasteiger charge is -2.07. The zero-order valence-electron chi connectivity index (χ0n) is 6.97. The highest BCUT2D eigenvalue weighted by Gasteiger charge is 2.00. The van der Waals surface area contributed by atoms with Crippen LogP contribution in [0.4, 0.5) is 0 Å². The Hall–Kier alpha value is -0.0400. The Bertz CT molecular complexity index is 53.7. The summed E-state index contributed by atoms with van der Waals surface area (Å²) in [7, 11) is 0. The van der Waals surface area contributed by atoms with Gasteiger partial charge < -0.3 is 5.11 Å². The molecular weight excluding hydrogens is 124 g/mol. The van der Waals surface area contributed by atoms with E-state index >= 15 is 0 Å². The first-order valence-corrected chi connectivity index (χ1v) is 4.28. The fourth-order valence-electron chi connectivity index (χ4n) is 0.964. The van der Waals surface area contributed by atoms with Crippen molar-refractivity contribution < 1.29 is 5.11 Å². The molecule has 0 aliphatic heterocycles. The molecule has 0 aliphatic carbocycles. The van der Waals surface area contributed by atoms with Crippen LogP contribution in [0.15, 0.2) is 0 Å². The molecule has 0 fully saturated rings. The third-order valence-electron chi connectivity index (χ3n) is 1.68. The minimum atomic E-state index is -0.0679. The van der Waals surface area contributed by atoms with Crippen molar-refractivity contribution in [2.75, 3.05) is 0 Å². The van der Waals surface area contributed by atoms with Gasteiger partial charge in [-0.05, 0) is 12.8 Å². The Kier molecular flexibility index (Phi) is 7.04. The van der Waals surface area contributed by atoms with Gasteiger partial charge in [0.05, 0.1) is 6.10 Å². The van der Waals surface area contributed by atoms with Crippen LogP contribution in [0, 0.1) is 6.92 Å². The van der Waals surface area contributed by atoms with E-state index in [1.165, 1.54) is 6.42 Å². The van der Waals surface area contributed by atoms with Crippen LogP contribution >= 0.6 is 0 Å². The van der Waals surface area contributed by atoms with E-state index in [1.807, 2.05) is 0 Å². The summed E-state index contributed by atoms with van der Waals surface area (Å²) >= 11 is 0. The molecule has 1 unspecified atom stereocenters. The largest absolute Gasteiger partial charge is 0.393 e. The van der Waals surface area contributed by atoms with Crippen LogP contribution in [-0.2, 0) is 0 Å². The maximum Gasteiger partial charge on any atom is 0.0540 e. The van der Waals surface area contributed by atoms with Crippen molar-refractivity contribution in [3.63, 3.8) is 0 Å². The van der Waals surface area contributed by atoms with Crippen molar-refractivity contribution in [1.29, 1.82) is 0 Å². The van der Waals surface area contributed by atoms with Crippen LogP contribution in [0.2, 0.25) is 0 Å². The van der Waals surface area contributed by atoms with Gasteiger partial charge in [0.1, 0.15) is 0 Å². The number of hydrogen-bond donors (Lipinski definition) is 1. The van der Waals surface area contributed by atoms with E-state index < -0.39 is 0 Å². The Morgan fingerprint density at radius 3 is 2.40 bits per heavy atom. The van der Waals surface area contributed by atoms with Crippen molar-refractivity contribution in [2.24, 2.45) is 0 Å². The lowest BCUT2D eigenvalue weighted by molar-refractivity contribution is 0.149. The van der Waals surface area contributed by atoms with E-state index in [9.17, 15) is 5.11 Å². The minimum Gasteiger partial charge on any atom is -0.393 e. The zero-order chi connectivity index (χ0) is 7.82. The third-order valence-corrected chi connectivity index (χ3v) is 1.68. The second-order valence-electron chi connectivity index (χ2n) is 2.79. The molecule has 1 radical (unpaired) electrons. The monoisotopic (exact) mass is 143 g/mol. The standard InChI is InChI=1S/C9H19O/c1-3-5-7-9(10)8-6-4-2/h9-10H,1,3-8H2,2H3. The van der Waals surface area contributed by atoms with Crippen LogP contribution in [0.3, 0.4) is 0 Å². The summed E-state index contributed by atoms with van der Waals surface area (Å²) in [5.41, 5.74) is 0. The predicted octanol–water partition coefficient (Wildman–Crippen LogP) is 2.54. The van der Waals surface area contributed by atoms with E-state index in [0.717, 1.165) is 32.1 Å². The molecule has 0 aromatic rings. The molecule has 1 N–H and O–H groups in total. The van der Waals surface area contributed by atoms with Gasteiger partial charge in [0.25, 0.3) is 0 Å². The van der Waals surface area contributed by atoms with E-state index in [4.69, 9.17) is 0 Å². The second-order valence-corrected chi connectivity index (χ2v) is 2.79. The molecule has 0 heterocycles. The first kappa shape index (κ1) is 9.96. The van der Waals surface area contributed by atoms with Crippen LogP contribution in [0.1, 0.15) is 45.4 Å². The first-order valence-electron chi connectivity index (χ1n) is 4.28. The van der Waals surface area contributed by atoms with Gasteiger partial charge in [-0.2, -0.15) is 0 Å². The van der Waals surface area contributed by atoms with E-state index in [1.54, 1.807) is 0 Å². The van der Waals surface area contributed by atoms with Crippen molar-refractivity contribution >= 4 is 0 Å². The van der Waals surface area contributed by atoms with E-state index in [-0.39, 0.29) is 6.10 Å². The number of aliphatic hydroxyl groups is 1. The van der Waals surface area contributed by atoms with Crippen molar-refractivity contribution in [1.82, 2.24) is 0 Å². The lowest BCUT2D eigenvalue weighted by atomic mass is 10.1. The quantitative estimate of drug-likeness (QED) is 0.605. The Balaban J connectivity index is 3.00. The summed E-state index contributed by atoms with van der Waals surface area (Å²) < 4.78 is 0. The predicted molar refractivity (Wildman–Crippen MR) is 44.7 cm³/mol. The highest BCUT2D eigenvalue weighted by molar-refractivity contribution is 4.55. The van der Waals surface area contributed by atoms with Gasteiger partial charge in [-0.15, -0.1) is 0 Å². The van der Waals surface area contributed by atoms with Crippen LogP contribution in [-0.4, -0.2) is 11.2 Å². The molecule has 0 saturated heterocycles. The molecule has 0 rings (SSSR count). The molecule has 0 aromatic heterocycles. The molecule has 1 heteroatoms. The normalized spacial score (nSPS) is 10.8. The molecular formula is C9H19O. The average Bonchev–Trinajstić information content (AvgIpc) is 1.97. The summed E-state index contributed by atoms with van der Waals surface area (Å²) in [4.78, 5) is 0. The summed E-state index contributed by atoms with van der Waals surface area (Å²) in [6.07, 6.45) is 6.18. The van der Waals surface area contributed by atoms with Gasteiger partial charge in [0.2, 0.25) is 0 Å². The van der Waals surface area contributed by atoms with Gasteiger partial charge >= 0.3 is 0 Å². The molecule has 0 spiro atoms. The molecule has 10 heavy (non-hydrogen) atoms. The van der Waals surface area contributed by atoms with E-state index in [2.05, 4.69) is 13.8 Å². The topological polar surface area (TPSA) is 20.2 Å². The summed E-state index contributed by atoms with van der Waals surface area (Å²) in [6.45, 7) is 5.87. The maximum absolute atomic E-state index is 9.28. The number of rotatable bonds is 6. The molecule has 1 nitrogen and oxygen atoms in total. The summed E-state index contributed by atoms with van der Waals surface area (Å²) in [6, 6.07) is 0. The third kappa shape index (κ3) is 6.09. The summed E-state index contributed by atoms with van der Waals surface area (Å²) in [5.74, 6) is 0. The molecule has 61 valence electrons. The smallest absolute Gasteiger partial charge is 0.0540 e. The Morgan fingerprint density at radius 1 is 1.30 bits per heavy atom. The van der Waals surface area contributed by atoms with Gasteiger partial charge in [-0.25, -0.2) is 0 Å². The summed E-state index contributed by atoms with van der Waals surface area (Å²) in [5, 5.41) is 9.28. The minimum absolute atomic E-state index is 0.0679. The SMILES string of the molecule is [CH2]CCCC(O)CCCC. The Morgan fingerprint density at radius 2 is 1.90 bits per heavy atom. The highest BCUT2D eigenvalue weighted by atomic mass is 16.3. The second kappa shape index (κ2) is 7.07. The van der Waals surface area contributed by atoms with Gasteiger partial charge in [-0.3, -0.25) is 0 Å². The van der Waals surface area contributed by atoms with Crippen LogP contribution in [0.25, 0.3) is 0 Å². The van der Waals surface area contributed by atoms with Crippen molar-refractivity contribution in [3.8, 4) is 0 Å². The molecule has 0 aliphatic rings. The van der Waals surface area contributed by atoms with Crippen LogP contribution < -0.4 is 0 Å². The molecule has 0 amide bonds. The number of unbranched alkanes of at least 4 members (excludes halogenated alkanes) is 2. The molecule has 0 aromatic carbocycles. The van der Waals surface area contributed by atoms with Gasteiger partial charge in [-0.1, -0.05) is 39.5 Å². The Labute approximate surface area is 64.5 Å².